The highest BCUT2D eigenvalue weighted by Crippen LogP contribution is 2.29. The predicted molar refractivity (Wildman–Crippen MR) is 92.2 cm³/mol. The van der Waals surface area contributed by atoms with Gasteiger partial charge in [0.15, 0.2) is 0 Å². The van der Waals surface area contributed by atoms with Gasteiger partial charge in [-0.1, -0.05) is 53.5 Å². The molecule has 0 amide bonds. The first-order valence-corrected chi connectivity index (χ1v) is 7.67. The van der Waals surface area contributed by atoms with E-state index in [2.05, 4.69) is 0 Å². The number of carbonyl (C=O) groups excluding carboxylic acids is 1. The molecule has 2 nitrogen and oxygen atoms in total. The number of ether oxygens (including phenoxy) is 1. The van der Waals surface area contributed by atoms with Gasteiger partial charge in [0.05, 0.1) is 16.7 Å². The van der Waals surface area contributed by atoms with Gasteiger partial charge in [0.25, 0.3) is 0 Å². The van der Waals surface area contributed by atoms with E-state index >= 15 is 0 Å². The van der Waals surface area contributed by atoms with Crippen molar-refractivity contribution < 1.29 is 9.53 Å². The van der Waals surface area contributed by atoms with E-state index in [1.165, 1.54) is 6.08 Å². The summed E-state index contributed by atoms with van der Waals surface area (Å²) in [6, 6.07) is 13.4. The van der Waals surface area contributed by atoms with E-state index in [9.17, 15) is 4.79 Å². The van der Waals surface area contributed by atoms with Gasteiger partial charge in [0, 0.05) is 6.08 Å². The van der Waals surface area contributed by atoms with E-state index in [-0.39, 0.29) is 5.97 Å². The fourth-order valence-electron chi connectivity index (χ4n) is 2.05. The quantitative estimate of drug-likeness (QED) is 0.535. The lowest BCUT2D eigenvalue weighted by molar-refractivity contribution is -0.137. The van der Waals surface area contributed by atoms with Crippen LogP contribution in [0.2, 0.25) is 10.0 Å². The Morgan fingerprint density at radius 3 is 2.27 bits per heavy atom. The second-order valence-electron chi connectivity index (χ2n) is 4.79. The van der Waals surface area contributed by atoms with E-state index in [0.717, 1.165) is 22.3 Å². The van der Waals surface area contributed by atoms with E-state index in [1.54, 1.807) is 13.0 Å². The lowest BCUT2D eigenvalue weighted by Gasteiger charge is -2.06. The van der Waals surface area contributed by atoms with Gasteiger partial charge in [-0.2, -0.15) is 0 Å². The Balaban J connectivity index is 2.23. The van der Waals surface area contributed by atoms with Crippen LogP contribution in [0.4, 0.5) is 0 Å². The van der Waals surface area contributed by atoms with Crippen molar-refractivity contribution in [2.24, 2.45) is 0 Å². The van der Waals surface area contributed by atoms with Crippen molar-refractivity contribution in [3.63, 3.8) is 0 Å². The molecule has 4 heteroatoms. The molecule has 0 aromatic heterocycles. The van der Waals surface area contributed by atoms with Crippen LogP contribution < -0.4 is 0 Å². The number of hydrogen-bond donors (Lipinski definition) is 0. The number of halogens is 2. The Kier molecular flexibility index (Phi) is 5.64. The standard InChI is InChI=1S/C18H16Cl2O2/c1-3-22-18(21)10-12(2)13-4-6-14(7-5-13)15-8-9-16(19)17(20)11-15/h4-11H,3H2,1-2H3. The van der Waals surface area contributed by atoms with Gasteiger partial charge in [-0.25, -0.2) is 4.79 Å². The molecule has 2 rings (SSSR count). The first-order valence-electron chi connectivity index (χ1n) is 6.92. The van der Waals surface area contributed by atoms with Crippen LogP contribution in [0.15, 0.2) is 48.5 Å². The SMILES string of the molecule is CCOC(=O)C=C(C)c1ccc(-c2ccc(Cl)c(Cl)c2)cc1. The average Bonchev–Trinajstić information content (AvgIpc) is 2.50. The summed E-state index contributed by atoms with van der Waals surface area (Å²) in [6.45, 7) is 4.04. The molecule has 0 aliphatic rings. The minimum Gasteiger partial charge on any atom is -0.463 e. The summed E-state index contributed by atoms with van der Waals surface area (Å²) in [5, 5.41) is 1.07. The number of esters is 1. The molecule has 0 spiro atoms. The maximum Gasteiger partial charge on any atom is 0.331 e. The topological polar surface area (TPSA) is 26.3 Å². The number of allylic oxidation sites excluding steroid dienone is 1. The highest BCUT2D eigenvalue weighted by Gasteiger charge is 2.04. The lowest BCUT2D eigenvalue weighted by atomic mass is 10.0. The van der Waals surface area contributed by atoms with Crippen LogP contribution in [-0.2, 0) is 9.53 Å². The molecule has 0 radical (unpaired) electrons. The molecule has 0 heterocycles. The van der Waals surface area contributed by atoms with Gasteiger partial charge in [-0.05, 0) is 48.2 Å². The molecule has 22 heavy (non-hydrogen) atoms. The molecule has 0 saturated heterocycles. The van der Waals surface area contributed by atoms with Crippen molar-refractivity contribution in [1.29, 1.82) is 0 Å². The predicted octanol–water partition coefficient (Wildman–Crippen LogP) is 5.63. The lowest BCUT2D eigenvalue weighted by Crippen LogP contribution is -2.00. The Labute approximate surface area is 140 Å². The van der Waals surface area contributed by atoms with Crippen LogP contribution >= 0.6 is 23.2 Å². The highest BCUT2D eigenvalue weighted by atomic mass is 35.5. The molecule has 0 fully saturated rings. The van der Waals surface area contributed by atoms with Crippen LogP contribution in [0.3, 0.4) is 0 Å². The van der Waals surface area contributed by atoms with Gasteiger partial charge in [-0.3, -0.25) is 0 Å². The van der Waals surface area contributed by atoms with Crippen LogP contribution in [0.5, 0.6) is 0 Å². The molecule has 0 N–H and O–H groups in total. The summed E-state index contributed by atoms with van der Waals surface area (Å²) in [6.07, 6.45) is 1.50. The molecule has 0 unspecified atom stereocenters. The minimum absolute atomic E-state index is 0.325. The maximum atomic E-state index is 11.5. The van der Waals surface area contributed by atoms with Crippen LogP contribution in [-0.4, -0.2) is 12.6 Å². The van der Waals surface area contributed by atoms with Crippen molar-refractivity contribution >= 4 is 34.7 Å². The zero-order valence-electron chi connectivity index (χ0n) is 12.4. The smallest absolute Gasteiger partial charge is 0.331 e. The first kappa shape index (κ1) is 16.6. The molecule has 2 aromatic rings. The van der Waals surface area contributed by atoms with Gasteiger partial charge in [0.1, 0.15) is 0 Å². The normalized spacial score (nSPS) is 11.4. The van der Waals surface area contributed by atoms with Crippen molar-refractivity contribution in [2.45, 2.75) is 13.8 Å². The van der Waals surface area contributed by atoms with Gasteiger partial charge in [-0.15, -0.1) is 0 Å². The Hall–Kier alpha value is -1.77. The second kappa shape index (κ2) is 7.48. The summed E-state index contributed by atoms with van der Waals surface area (Å²) < 4.78 is 4.91. The third kappa shape index (κ3) is 4.12. The zero-order valence-corrected chi connectivity index (χ0v) is 13.9. The van der Waals surface area contributed by atoms with Crippen molar-refractivity contribution in [2.75, 3.05) is 6.61 Å². The fourth-order valence-corrected chi connectivity index (χ4v) is 2.34. The van der Waals surface area contributed by atoms with Gasteiger partial charge in [0.2, 0.25) is 0 Å². The van der Waals surface area contributed by atoms with Gasteiger partial charge >= 0.3 is 5.97 Å². The van der Waals surface area contributed by atoms with Crippen molar-refractivity contribution in [3.05, 3.63) is 64.1 Å². The molecule has 0 aliphatic carbocycles. The summed E-state index contributed by atoms with van der Waals surface area (Å²) >= 11 is 12.0. The van der Waals surface area contributed by atoms with Crippen LogP contribution in [0.25, 0.3) is 16.7 Å². The highest BCUT2D eigenvalue weighted by molar-refractivity contribution is 6.42. The monoisotopic (exact) mass is 334 g/mol. The van der Waals surface area contributed by atoms with E-state index < -0.39 is 0 Å². The summed E-state index contributed by atoms with van der Waals surface area (Å²) in [7, 11) is 0. The Bertz CT molecular complexity index is 704. The van der Waals surface area contributed by atoms with Crippen LogP contribution in [0.1, 0.15) is 19.4 Å². The number of hydrogen-bond acceptors (Lipinski definition) is 2. The second-order valence-corrected chi connectivity index (χ2v) is 5.60. The number of rotatable bonds is 4. The molecular weight excluding hydrogens is 319 g/mol. The number of benzene rings is 2. The Morgan fingerprint density at radius 2 is 1.68 bits per heavy atom. The first-order chi connectivity index (χ1) is 10.5. The third-order valence-electron chi connectivity index (χ3n) is 3.21. The molecule has 0 aliphatic heterocycles. The summed E-state index contributed by atoms with van der Waals surface area (Å²) in [5.74, 6) is -0.325. The molecule has 0 saturated carbocycles. The summed E-state index contributed by atoms with van der Waals surface area (Å²) in [4.78, 5) is 11.5. The van der Waals surface area contributed by atoms with E-state index in [1.807, 2.05) is 43.3 Å². The maximum absolute atomic E-state index is 11.5. The summed E-state index contributed by atoms with van der Waals surface area (Å²) in [5.41, 5.74) is 3.86. The van der Waals surface area contributed by atoms with Crippen molar-refractivity contribution in [1.82, 2.24) is 0 Å². The molecular formula is C18H16Cl2O2. The molecule has 114 valence electrons. The molecule has 0 atom stereocenters. The minimum atomic E-state index is -0.325. The fraction of sp³-hybridized carbons (Fsp3) is 0.167. The number of carbonyl (C=O) groups is 1. The largest absolute Gasteiger partial charge is 0.463 e. The van der Waals surface area contributed by atoms with E-state index in [4.69, 9.17) is 27.9 Å². The van der Waals surface area contributed by atoms with E-state index in [0.29, 0.717) is 16.7 Å². The average molecular weight is 335 g/mol. The molecule has 2 aromatic carbocycles. The van der Waals surface area contributed by atoms with Crippen molar-refractivity contribution in [3.8, 4) is 11.1 Å². The third-order valence-corrected chi connectivity index (χ3v) is 3.95. The Morgan fingerprint density at radius 1 is 1.05 bits per heavy atom. The van der Waals surface area contributed by atoms with Gasteiger partial charge < -0.3 is 4.74 Å². The zero-order chi connectivity index (χ0) is 16.1. The molecule has 0 bridgehead atoms. The van der Waals surface area contributed by atoms with Crippen LogP contribution in [0, 0.1) is 0 Å².